The van der Waals surface area contributed by atoms with Crippen LogP contribution in [0.1, 0.15) is 26.2 Å². The molecule has 0 aromatic heterocycles. The van der Waals surface area contributed by atoms with Crippen LogP contribution < -0.4 is 0 Å². The summed E-state index contributed by atoms with van der Waals surface area (Å²) >= 11 is 0. The van der Waals surface area contributed by atoms with Crippen LogP contribution >= 0.6 is 0 Å². The summed E-state index contributed by atoms with van der Waals surface area (Å²) in [6, 6.07) is 0. The van der Waals surface area contributed by atoms with E-state index in [9.17, 15) is 8.42 Å². The Morgan fingerprint density at radius 2 is 2.00 bits per heavy atom. The molecule has 0 aliphatic heterocycles. The Morgan fingerprint density at radius 3 is 2.27 bits per heavy atom. The zero-order valence-electron chi connectivity index (χ0n) is 6.71. The van der Waals surface area contributed by atoms with Gasteiger partial charge in [-0.3, -0.25) is 0 Å². The molecule has 0 unspecified atom stereocenters. The Balaban J connectivity index is 2.73. The second-order valence-electron chi connectivity index (χ2n) is 3.16. The monoisotopic (exact) mass is 178 g/mol. The zero-order chi connectivity index (χ0) is 8.54. The van der Waals surface area contributed by atoms with E-state index in [0.717, 1.165) is 0 Å². The largest absolute Gasteiger partial charge is 0.395 e. The second kappa shape index (κ2) is 2.75. The number of aliphatic hydroxyl groups excluding tert-OH is 1. The van der Waals surface area contributed by atoms with Crippen LogP contribution in [-0.4, -0.2) is 30.6 Å². The van der Waals surface area contributed by atoms with Crippen LogP contribution in [0.3, 0.4) is 0 Å². The summed E-state index contributed by atoms with van der Waals surface area (Å²) in [5, 5.41) is 8.84. The molecule has 1 aliphatic rings. The normalized spacial score (nSPS) is 21.6. The molecular formula is C7H14O3S. The van der Waals surface area contributed by atoms with Gasteiger partial charge in [0.15, 0.2) is 9.84 Å². The minimum Gasteiger partial charge on any atom is -0.395 e. The summed E-state index contributed by atoms with van der Waals surface area (Å²) in [5.74, 6) is 0.216. The van der Waals surface area contributed by atoms with Crippen molar-refractivity contribution < 1.29 is 13.5 Å². The first-order valence-corrected chi connectivity index (χ1v) is 5.56. The number of rotatable bonds is 4. The van der Waals surface area contributed by atoms with E-state index in [1.807, 2.05) is 6.92 Å². The van der Waals surface area contributed by atoms with Crippen molar-refractivity contribution in [3.8, 4) is 0 Å². The van der Waals surface area contributed by atoms with Crippen molar-refractivity contribution in [1.82, 2.24) is 0 Å². The standard InChI is InChI=1S/C7H14O3S/c1-2-5-11(9,10)7(6-8)3-4-7/h8H,2-6H2,1H3. The molecule has 1 aliphatic carbocycles. The summed E-state index contributed by atoms with van der Waals surface area (Å²) in [4.78, 5) is 0. The molecule has 0 amide bonds. The van der Waals surface area contributed by atoms with E-state index in [4.69, 9.17) is 5.11 Å². The quantitative estimate of drug-likeness (QED) is 0.675. The molecule has 3 nitrogen and oxygen atoms in total. The zero-order valence-corrected chi connectivity index (χ0v) is 7.52. The topological polar surface area (TPSA) is 54.4 Å². The number of hydrogen-bond donors (Lipinski definition) is 1. The van der Waals surface area contributed by atoms with Gasteiger partial charge in [-0.1, -0.05) is 6.92 Å². The Hall–Kier alpha value is -0.0900. The van der Waals surface area contributed by atoms with Gasteiger partial charge < -0.3 is 5.11 Å². The Kier molecular flexibility index (Phi) is 2.25. The van der Waals surface area contributed by atoms with E-state index in [0.29, 0.717) is 19.3 Å². The van der Waals surface area contributed by atoms with Crippen LogP contribution in [0.4, 0.5) is 0 Å². The van der Waals surface area contributed by atoms with Crippen LogP contribution in [-0.2, 0) is 9.84 Å². The molecule has 1 fully saturated rings. The molecule has 4 heteroatoms. The van der Waals surface area contributed by atoms with E-state index in [1.54, 1.807) is 0 Å². The van der Waals surface area contributed by atoms with Crippen molar-refractivity contribution >= 4 is 9.84 Å². The van der Waals surface area contributed by atoms with Gasteiger partial charge in [-0.2, -0.15) is 0 Å². The molecular weight excluding hydrogens is 164 g/mol. The van der Waals surface area contributed by atoms with Gasteiger partial charge in [0.25, 0.3) is 0 Å². The molecule has 0 aromatic carbocycles. The number of aliphatic hydroxyl groups is 1. The Morgan fingerprint density at radius 1 is 1.45 bits per heavy atom. The average Bonchev–Trinajstić information content (AvgIpc) is 2.66. The van der Waals surface area contributed by atoms with E-state index < -0.39 is 14.6 Å². The van der Waals surface area contributed by atoms with Crippen LogP contribution in [0.25, 0.3) is 0 Å². The SMILES string of the molecule is CCCS(=O)(=O)C1(CO)CC1. The van der Waals surface area contributed by atoms with E-state index in [2.05, 4.69) is 0 Å². The molecule has 0 spiro atoms. The van der Waals surface area contributed by atoms with Gasteiger partial charge in [0, 0.05) is 0 Å². The first-order chi connectivity index (χ1) is 5.08. The molecule has 0 atom stereocenters. The third kappa shape index (κ3) is 1.42. The fourth-order valence-corrected chi connectivity index (χ4v) is 3.08. The highest BCUT2D eigenvalue weighted by atomic mass is 32.2. The molecule has 0 radical (unpaired) electrons. The minimum absolute atomic E-state index is 0.199. The minimum atomic E-state index is -3.00. The maximum Gasteiger partial charge on any atom is 0.158 e. The highest BCUT2D eigenvalue weighted by Crippen LogP contribution is 2.43. The van der Waals surface area contributed by atoms with Gasteiger partial charge in [0.05, 0.1) is 17.1 Å². The van der Waals surface area contributed by atoms with Crippen LogP contribution in [0.15, 0.2) is 0 Å². The summed E-state index contributed by atoms with van der Waals surface area (Å²) in [6.45, 7) is 1.64. The lowest BCUT2D eigenvalue weighted by atomic mass is 10.5. The van der Waals surface area contributed by atoms with Crippen molar-refractivity contribution in [2.45, 2.75) is 30.9 Å². The summed E-state index contributed by atoms with van der Waals surface area (Å²) in [7, 11) is -3.00. The number of hydrogen-bond acceptors (Lipinski definition) is 3. The van der Waals surface area contributed by atoms with Gasteiger partial charge in [-0.25, -0.2) is 8.42 Å². The lowest BCUT2D eigenvalue weighted by molar-refractivity contribution is 0.283. The predicted molar refractivity (Wildman–Crippen MR) is 43.1 cm³/mol. The molecule has 1 saturated carbocycles. The maximum atomic E-state index is 11.4. The van der Waals surface area contributed by atoms with E-state index in [-0.39, 0.29) is 12.4 Å². The maximum absolute atomic E-state index is 11.4. The first kappa shape index (κ1) is 9.00. The van der Waals surface area contributed by atoms with E-state index in [1.165, 1.54) is 0 Å². The third-order valence-electron chi connectivity index (χ3n) is 2.23. The highest BCUT2D eigenvalue weighted by molar-refractivity contribution is 7.93. The smallest absolute Gasteiger partial charge is 0.158 e. The van der Waals surface area contributed by atoms with E-state index >= 15 is 0 Å². The van der Waals surface area contributed by atoms with Gasteiger partial charge >= 0.3 is 0 Å². The average molecular weight is 178 g/mol. The van der Waals surface area contributed by atoms with Crippen molar-refractivity contribution in [1.29, 1.82) is 0 Å². The predicted octanol–water partition coefficient (Wildman–Crippen LogP) is 0.336. The fourth-order valence-electron chi connectivity index (χ4n) is 1.19. The lowest BCUT2D eigenvalue weighted by Gasteiger charge is -2.11. The van der Waals surface area contributed by atoms with Gasteiger partial charge in [0.1, 0.15) is 0 Å². The van der Waals surface area contributed by atoms with Crippen LogP contribution in [0.2, 0.25) is 0 Å². The molecule has 11 heavy (non-hydrogen) atoms. The van der Waals surface area contributed by atoms with Crippen LogP contribution in [0.5, 0.6) is 0 Å². The third-order valence-corrected chi connectivity index (χ3v) is 5.03. The van der Waals surface area contributed by atoms with Crippen molar-refractivity contribution in [3.05, 3.63) is 0 Å². The highest BCUT2D eigenvalue weighted by Gasteiger charge is 2.53. The molecule has 0 aromatic rings. The van der Waals surface area contributed by atoms with Crippen molar-refractivity contribution in [2.24, 2.45) is 0 Å². The Bertz CT molecular complexity index is 226. The van der Waals surface area contributed by atoms with Crippen LogP contribution in [0, 0.1) is 0 Å². The Labute approximate surface area is 67.3 Å². The number of sulfone groups is 1. The van der Waals surface area contributed by atoms with Gasteiger partial charge in [-0.15, -0.1) is 0 Å². The molecule has 66 valence electrons. The summed E-state index contributed by atoms with van der Waals surface area (Å²) < 4.78 is 22.0. The summed E-state index contributed by atoms with van der Waals surface area (Å²) in [6.07, 6.45) is 1.93. The fraction of sp³-hybridized carbons (Fsp3) is 1.00. The summed E-state index contributed by atoms with van der Waals surface area (Å²) in [5.41, 5.74) is 0. The van der Waals surface area contributed by atoms with Gasteiger partial charge in [0.2, 0.25) is 0 Å². The first-order valence-electron chi connectivity index (χ1n) is 3.91. The van der Waals surface area contributed by atoms with Gasteiger partial charge in [-0.05, 0) is 19.3 Å². The molecule has 1 rings (SSSR count). The lowest BCUT2D eigenvalue weighted by Crippen LogP contribution is -2.29. The second-order valence-corrected chi connectivity index (χ2v) is 5.66. The molecule has 1 N–H and O–H groups in total. The van der Waals surface area contributed by atoms with Crippen molar-refractivity contribution in [2.75, 3.05) is 12.4 Å². The van der Waals surface area contributed by atoms with Crippen molar-refractivity contribution in [3.63, 3.8) is 0 Å². The molecule has 0 bridgehead atoms. The molecule has 0 saturated heterocycles. The molecule has 0 heterocycles.